The number of nitrogens with zero attached hydrogens (tertiary/aromatic N) is 1. The maximum absolute atomic E-state index is 14.6. The molecule has 0 saturated carbocycles. The predicted molar refractivity (Wildman–Crippen MR) is 135 cm³/mol. The Bertz CT molecular complexity index is 1080. The van der Waals surface area contributed by atoms with Crippen molar-refractivity contribution < 1.29 is 18.7 Å². The van der Waals surface area contributed by atoms with Gasteiger partial charge in [0.25, 0.3) is 0 Å². The highest BCUT2D eigenvalue weighted by molar-refractivity contribution is 5.70. The maximum atomic E-state index is 14.6. The number of carbonyl (C=O) groups excluding carboxylic acids is 1. The Balaban J connectivity index is 1.33. The third kappa shape index (κ3) is 5.04. The molecule has 3 saturated heterocycles. The number of halogens is 1. The number of carbonyl (C=O) groups is 1. The van der Waals surface area contributed by atoms with Crippen LogP contribution >= 0.6 is 0 Å². The van der Waals surface area contributed by atoms with Crippen molar-refractivity contribution >= 4 is 6.09 Å². The summed E-state index contributed by atoms with van der Waals surface area (Å²) < 4.78 is 26.0. The van der Waals surface area contributed by atoms with E-state index < -0.39 is 0 Å². The minimum absolute atomic E-state index is 0.00905. The van der Waals surface area contributed by atoms with Gasteiger partial charge in [-0.3, -0.25) is 4.90 Å². The largest absolute Gasteiger partial charge is 0.491 e. The molecule has 35 heavy (non-hydrogen) atoms. The van der Waals surface area contributed by atoms with Gasteiger partial charge in [0.1, 0.15) is 6.10 Å². The van der Waals surface area contributed by atoms with Gasteiger partial charge in [-0.25, -0.2) is 9.18 Å². The van der Waals surface area contributed by atoms with E-state index in [9.17, 15) is 9.18 Å². The number of benzene rings is 2. The van der Waals surface area contributed by atoms with Gasteiger partial charge in [0, 0.05) is 6.54 Å². The van der Waals surface area contributed by atoms with Crippen LogP contribution in [0.25, 0.3) is 11.1 Å². The van der Waals surface area contributed by atoms with Gasteiger partial charge in [-0.1, -0.05) is 45.0 Å². The predicted octanol–water partition coefficient (Wildman–Crippen LogP) is 6.12. The van der Waals surface area contributed by atoms with Crippen LogP contribution in [-0.2, 0) is 11.2 Å². The third-order valence-corrected chi connectivity index (χ3v) is 8.12. The second kappa shape index (κ2) is 9.81. The lowest BCUT2D eigenvalue weighted by molar-refractivity contribution is -0.0353. The Labute approximate surface area is 208 Å². The lowest BCUT2D eigenvalue weighted by atomic mass is 9.70. The molecule has 2 atom stereocenters. The molecule has 6 rings (SSSR count). The van der Waals surface area contributed by atoms with E-state index in [1.165, 1.54) is 5.56 Å². The molecule has 0 radical (unpaired) electrons. The smallest absolute Gasteiger partial charge is 0.407 e. The molecule has 3 heterocycles. The number of hydrogen-bond donors (Lipinski definition) is 1. The fourth-order valence-electron chi connectivity index (χ4n) is 5.92. The number of alkyl carbamates (subject to hydrolysis) is 1. The lowest BCUT2D eigenvalue weighted by Crippen LogP contribution is -2.53. The van der Waals surface area contributed by atoms with Crippen molar-refractivity contribution in [3.63, 3.8) is 0 Å². The van der Waals surface area contributed by atoms with Crippen molar-refractivity contribution in [3.05, 3.63) is 53.3 Å². The van der Waals surface area contributed by atoms with Crippen LogP contribution in [-0.4, -0.2) is 43.3 Å². The Morgan fingerprint density at radius 1 is 1.14 bits per heavy atom. The Morgan fingerprint density at radius 2 is 1.89 bits per heavy atom. The average molecular weight is 481 g/mol. The van der Waals surface area contributed by atoms with Crippen molar-refractivity contribution in [1.29, 1.82) is 0 Å². The average Bonchev–Trinajstić information content (AvgIpc) is 2.85. The van der Waals surface area contributed by atoms with Gasteiger partial charge in [0.05, 0.1) is 12.6 Å². The van der Waals surface area contributed by atoms with E-state index in [2.05, 4.69) is 36.2 Å². The quantitative estimate of drug-likeness (QED) is 0.542. The fraction of sp³-hybridized carbons (Fsp3) is 0.552. The zero-order chi connectivity index (χ0) is 24.6. The number of piperidine rings is 3. The van der Waals surface area contributed by atoms with E-state index in [1.807, 2.05) is 19.1 Å². The molecule has 0 spiro atoms. The molecule has 2 bridgehead atoms. The number of nitrogens with one attached hydrogen (secondary N) is 1. The maximum Gasteiger partial charge on any atom is 0.407 e. The minimum atomic E-state index is -0.343. The fourth-order valence-corrected chi connectivity index (χ4v) is 5.92. The molecule has 6 heteroatoms. The van der Waals surface area contributed by atoms with E-state index in [4.69, 9.17) is 9.47 Å². The van der Waals surface area contributed by atoms with E-state index in [0.29, 0.717) is 18.3 Å². The molecule has 1 unspecified atom stereocenters. The number of rotatable bonds is 6. The second-order valence-corrected chi connectivity index (χ2v) is 11.1. The Hall–Kier alpha value is -2.60. The molecule has 0 aromatic heterocycles. The van der Waals surface area contributed by atoms with Gasteiger partial charge in [-0.05, 0) is 90.9 Å². The first kappa shape index (κ1) is 24.1. The summed E-state index contributed by atoms with van der Waals surface area (Å²) in [7, 11) is 0. The highest BCUT2D eigenvalue weighted by Crippen LogP contribution is 2.44. The Kier molecular flexibility index (Phi) is 6.75. The summed E-state index contributed by atoms with van der Waals surface area (Å²) in [6.45, 7) is 10.00. The molecule has 1 amide bonds. The van der Waals surface area contributed by atoms with Gasteiger partial charge >= 0.3 is 6.09 Å². The van der Waals surface area contributed by atoms with Crippen LogP contribution in [0.2, 0.25) is 0 Å². The van der Waals surface area contributed by atoms with Crippen LogP contribution in [0.4, 0.5) is 9.18 Å². The van der Waals surface area contributed by atoms with E-state index in [-0.39, 0.29) is 29.5 Å². The number of aryl methyl sites for hydroxylation is 1. The number of ether oxygens (including phenoxy) is 2. The second-order valence-electron chi connectivity index (χ2n) is 11.1. The first-order valence-electron chi connectivity index (χ1n) is 13.1. The number of fused-ring (bicyclic) bond motifs is 4. The summed E-state index contributed by atoms with van der Waals surface area (Å²) >= 11 is 0. The minimum Gasteiger partial charge on any atom is -0.491 e. The first-order valence-corrected chi connectivity index (χ1v) is 13.1. The van der Waals surface area contributed by atoms with Crippen molar-refractivity contribution in [1.82, 2.24) is 10.2 Å². The summed E-state index contributed by atoms with van der Waals surface area (Å²) in [5.74, 6) is 0.435. The molecule has 3 fully saturated rings. The van der Waals surface area contributed by atoms with Crippen LogP contribution in [0.15, 0.2) is 36.4 Å². The zero-order valence-electron chi connectivity index (χ0n) is 21.1. The summed E-state index contributed by atoms with van der Waals surface area (Å²) in [5.41, 5.74) is 4.02. The van der Waals surface area contributed by atoms with Gasteiger partial charge in [-0.15, -0.1) is 0 Å². The molecule has 1 aliphatic carbocycles. The molecule has 4 aliphatic rings. The van der Waals surface area contributed by atoms with E-state index >= 15 is 0 Å². The van der Waals surface area contributed by atoms with Gasteiger partial charge in [0.15, 0.2) is 11.6 Å². The van der Waals surface area contributed by atoms with E-state index in [0.717, 1.165) is 68.4 Å². The van der Waals surface area contributed by atoms with Gasteiger partial charge in [-0.2, -0.15) is 0 Å². The standard InChI is InChI=1S/C29H37FN2O3/c1-4-15-34-25-8-6-21(17-24(25)30)20-5-7-23-22(16-20)9-12-29(2,3)27(23)31-28(33)35-26-18-32-13-10-19(26)11-14-32/h5-8,16-17,19,26-27H,4,9-15,18H2,1-3H3,(H,31,33)/t26-,27?/m0/s1. The molecule has 188 valence electrons. The van der Waals surface area contributed by atoms with Crippen molar-refractivity contribution in [3.8, 4) is 16.9 Å². The molecule has 5 nitrogen and oxygen atoms in total. The number of amides is 1. The topological polar surface area (TPSA) is 50.8 Å². The highest BCUT2D eigenvalue weighted by atomic mass is 19.1. The number of hydrogen-bond acceptors (Lipinski definition) is 4. The summed E-state index contributed by atoms with van der Waals surface area (Å²) in [4.78, 5) is 15.4. The van der Waals surface area contributed by atoms with Crippen LogP contribution in [0.5, 0.6) is 5.75 Å². The summed E-state index contributed by atoms with van der Waals surface area (Å²) in [6, 6.07) is 11.3. The molecular weight excluding hydrogens is 443 g/mol. The Morgan fingerprint density at radius 3 is 2.57 bits per heavy atom. The molecular formula is C29H37FN2O3. The normalized spacial score (nSPS) is 26.6. The third-order valence-electron chi connectivity index (χ3n) is 8.12. The zero-order valence-corrected chi connectivity index (χ0v) is 21.1. The lowest BCUT2D eigenvalue weighted by Gasteiger charge is -2.44. The van der Waals surface area contributed by atoms with Crippen molar-refractivity contribution in [2.24, 2.45) is 11.3 Å². The highest BCUT2D eigenvalue weighted by Gasteiger charge is 2.40. The van der Waals surface area contributed by atoms with Crippen LogP contribution < -0.4 is 10.1 Å². The SMILES string of the molecule is CCCOc1ccc(-c2ccc3c(c2)CCC(C)(C)C3NC(=O)O[C@H]2CN3CCC2CC3)cc1F. The van der Waals surface area contributed by atoms with Crippen LogP contribution in [0.3, 0.4) is 0 Å². The van der Waals surface area contributed by atoms with Crippen molar-refractivity contribution in [2.75, 3.05) is 26.2 Å². The van der Waals surface area contributed by atoms with Crippen molar-refractivity contribution in [2.45, 2.75) is 65.0 Å². The molecule has 3 aliphatic heterocycles. The summed E-state index contributed by atoms with van der Waals surface area (Å²) in [5, 5.41) is 3.21. The molecule has 1 N–H and O–H groups in total. The van der Waals surface area contributed by atoms with E-state index in [1.54, 1.807) is 12.1 Å². The summed E-state index contributed by atoms with van der Waals surface area (Å²) in [6.07, 6.45) is 4.62. The molecule has 2 aromatic carbocycles. The van der Waals surface area contributed by atoms with Crippen LogP contribution in [0, 0.1) is 17.2 Å². The van der Waals surface area contributed by atoms with Gasteiger partial charge < -0.3 is 14.8 Å². The van der Waals surface area contributed by atoms with Gasteiger partial charge in [0.2, 0.25) is 0 Å². The van der Waals surface area contributed by atoms with Crippen LogP contribution in [0.1, 0.15) is 63.6 Å². The molecule has 2 aromatic rings. The first-order chi connectivity index (χ1) is 16.8. The monoisotopic (exact) mass is 480 g/mol.